The minimum atomic E-state index is -0.00238. The molecule has 0 saturated heterocycles. The van der Waals surface area contributed by atoms with Crippen molar-refractivity contribution >= 4 is 29.0 Å². The van der Waals surface area contributed by atoms with E-state index in [1.807, 2.05) is 30.5 Å². The van der Waals surface area contributed by atoms with Crippen molar-refractivity contribution in [2.75, 3.05) is 5.75 Å². The fourth-order valence-corrected chi connectivity index (χ4v) is 3.49. The molecule has 1 aromatic heterocycles. The summed E-state index contributed by atoms with van der Waals surface area (Å²) < 4.78 is 0. The third-order valence-electron chi connectivity index (χ3n) is 3.03. The second kappa shape index (κ2) is 8.20. The molecule has 0 saturated carbocycles. The van der Waals surface area contributed by atoms with Gasteiger partial charge in [0.15, 0.2) is 0 Å². The quantitative estimate of drug-likeness (QED) is 0.849. The molecular weight excluding hydrogens is 300 g/mol. The van der Waals surface area contributed by atoms with Crippen LogP contribution in [0.15, 0.2) is 35.7 Å². The zero-order valence-electron chi connectivity index (χ0n) is 12.3. The molecule has 2 aromatic rings. The zero-order chi connectivity index (χ0) is 15.1. The maximum atomic E-state index is 11.8. The Morgan fingerprint density at radius 2 is 2.14 bits per heavy atom. The van der Waals surface area contributed by atoms with Crippen molar-refractivity contribution in [2.24, 2.45) is 0 Å². The Morgan fingerprint density at radius 1 is 1.38 bits per heavy atom. The maximum absolute atomic E-state index is 11.8. The molecule has 0 spiro atoms. The van der Waals surface area contributed by atoms with Crippen molar-refractivity contribution in [3.05, 3.63) is 52.0 Å². The molecule has 5 heteroatoms. The van der Waals surface area contributed by atoms with Gasteiger partial charge in [0.05, 0.1) is 22.5 Å². The van der Waals surface area contributed by atoms with Crippen LogP contribution in [0.3, 0.4) is 0 Å². The van der Waals surface area contributed by atoms with Gasteiger partial charge in [0.2, 0.25) is 5.91 Å². The summed E-state index contributed by atoms with van der Waals surface area (Å²) in [7, 11) is 0. The summed E-state index contributed by atoms with van der Waals surface area (Å²) in [5, 5.41) is 6.05. The van der Waals surface area contributed by atoms with Crippen molar-refractivity contribution < 1.29 is 4.79 Å². The van der Waals surface area contributed by atoms with E-state index in [0.29, 0.717) is 6.54 Å². The first-order valence-electron chi connectivity index (χ1n) is 7.05. The van der Waals surface area contributed by atoms with E-state index in [1.54, 1.807) is 23.1 Å². The number of rotatable bonds is 7. The monoisotopic (exact) mass is 320 g/mol. The SMILES string of the molecule is CCSC(C)C(=O)NCc1csc(Cc2ccccc2)n1. The Bertz CT molecular complexity index is 569. The second-order valence-corrected chi connectivity index (χ2v) is 7.27. The molecule has 1 heterocycles. The van der Waals surface area contributed by atoms with E-state index < -0.39 is 0 Å². The molecule has 0 aliphatic rings. The molecule has 0 radical (unpaired) electrons. The van der Waals surface area contributed by atoms with Gasteiger partial charge in [0, 0.05) is 11.8 Å². The van der Waals surface area contributed by atoms with Gasteiger partial charge >= 0.3 is 0 Å². The second-order valence-electron chi connectivity index (χ2n) is 4.71. The predicted molar refractivity (Wildman–Crippen MR) is 90.8 cm³/mol. The van der Waals surface area contributed by atoms with Gasteiger partial charge in [-0.05, 0) is 18.2 Å². The highest BCUT2D eigenvalue weighted by Gasteiger charge is 2.12. The highest BCUT2D eigenvalue weighted by Crippen LogP contribution is 2.15. The summed E-state index contributed by atoms with van der Waals surface area (Å²) in [6.07, 6.45) is 0.849. The van der Waals surface area contributed by atoms with Crippen LogP contribution in [0.25, 0.3) is 0 Å². The Labute approximate surface area is 134 Å². The van der Waals surface area contributed by atoms with E-state index in [4.69, 9.17) is 0 Å². The van der Waals surface area contributed by atoms with Crippen LogP contribution in [0.1, 0.15) is 30.1 Å². The van der Waals surface area contributed by atoms with E-state index in [-0.39, 0.29) is 11.2 Å². The van der Waals surface area contributed by atoms with Crippen LogP contribution >= 0.6 is 23.1 Å². The van der Waals surface area contributed by atoms with E-state index in [0.717, 1.165) is 22.9 Å². The molecule has 1 unspecified atom stereocenters. The van der Waals surface area contributed by atoms with Crippen LogP contribution in [0.2, 0.25) is 0 Å². The number of hydrogen-bond acceptors (Lipinski definition) is 4. The van der Waals surface area contributed by atoms with Gasteiger partial charge in [0.1, 0.15) is 0 Å². The smallest absolute Gasteiger partial charge is 0.233 e. The number of amides is 1. The highest BCUT2D eigenvalue weighted by molar-refractivity contribution is 8.00. The summed E-state index contributed by atoms with van der Waals surface area (Å²) in [6.45, 7) is 4.51. The molecule has 0 aliphatic heterocycles. The van der Waals surface area contributed by atoms with Gasteiger partial charge in [-0.2, -0.15) is 0 Å². The highest BCUT2D eigenvalue weighted by atomic mass is 32.2. The average Bonchev–Trinajstić information content (AvgIpc) is 2.93. The predicted octanol–water partition coefficient (Wildman–Crippen LogP) is 3.49. The van der Waals surface area contributed by atoms with Gasteiger partial charge < -0.3 is 5.32 Å². The first kappa shape index (κ1) is 16.0. The number of aromatic nitrogens is 1. The van der Waals surface area contributed by atoms with Crippen LogP contribution in [0.5, 0.6) is 0 Å². The van der Waals surface area contributed by atoms with Crippen molar-refractivity contribution in [2.45, 2.75) is 32.1 Å². The molecule has 2 rings (SSSR count). The topological polar surface area (TPSA) is 42.0 Å². The fraction of sp³-hybridized carbons (Fsp3) is 0.375. The Hall–Kier alpha value is -1.33. The largest absolute Gasteiger partial charge is 0.349 e. The number of carbonyl (C=O) groups excluding carboxylic acids is 1. The first-order valence-corrected chi connectivity index (χ1v) is 8.98. The van der Waals surface area contributed by atoms with Crippen LogP contribution in [0, 0.1) is 0 Å². The number of hydrogen-bond donors (Lipinski definition) is 1. The lowest BCUT2D eigenvalue weighted by Gasteiger charge is -2.09. The first-order chi connectivity index (χ1) is 10.2. The fourth-order valence-electron chi connectivity index (χ4n) is 1.93. The van der Waals surface area contributed by atoms with E-state index >= 15 is 0 Å². The van der Waals surface area contributed by atoms with Crippen LogP contribution in [-0.4, -0.2) is 21.9 Å². The van der Waals surface area contributed by atoms with E-state index in [1.165, 1.54) is 5.56 Å². The van der Waals surface area contributed by atoms with Crippen molar-refractivity contribution in [3.8, 4) is 0 Å². The Morgan fingerprint density at radius 3 is 2.86 bits per heavy atom. The van der Waals surface area contributed by atoms with Gasteiger partial charge in [0.25, 0.3) is 0 Å². The molecule has 1 atom stereocenters. The number of benzene rings is 1. The number of nitrogens with one attached hydrogen (secondary N) is 1. The molecule has 1 amide bonds. The summed E-state index contributed by atoms with van der Waals surface area (Å²) in [5.74, 6) is 1.03. The summed E-state index contributed by atoms with van der Waals surface area (Å²) in [6, 6.07) is 10.3. The van der Waals surface area contributed by atoms with Crippen molar-refractivity contribution in [1.29, 1.82) is 0 Å². The molecule has 21 heavy (non-hydrogen) atoms. The zero-order valence-corrected chi connectivity index (χ0v) is 14.0. The lowest BCUT2D eigenvalue weighted by atomic mass is 10.2. The van der Waals surface area contributed by atoms with Crippen LogP contribution < -0.4 is 5.32 Å². The van der Waals surface area contributed by atoms with Crippen molar-refractivity contribution in [3.63, 3.8) is 0 Å². The minimum Gasteiger partial charge on any atom is -0.349 e. The van der Waals surface area contributed by atoms with Gasteiger partial charge in [-0.1, -0.05) is 37.3 Å². The van der Waals surface area contributed by atoms with Crippen LogP contribution in [0.4, 0.5) is 0 Å². The normalized spacial score (nSPS) is 12.1. The number of thiazole rings is 1. The van der Waals surface area contributed by atoms with Gasteiger partial charge in [-0.3, -0.25) is 4.79 Å². The average molecular weight is 320 g/mol. The maximum Gasteiger partial charge on any atom is 0.233 e. The summed E-state index contributed by atoms with van der Waals surface area (Å²) >= 11 is 3.30. The van der Waals surface area contributed by atoms with Gasteiger partial charge in [-0.15, -0.1) is 23.1 Å². The van der Waals surface area contributed by atoms with Gasteiger partial charge in [-0.25, -0.2) is 4.98 Å². The van der Waals surface area contributed by atoms with E-state index in [9.17, 15) is 4.79 Å². The Kier molecular flexibility index (Phi) is 6.26. The molecule has 0 aliphatic carbocycles. The molecule has 1 aromatic carbocycles. The molecule has 0 bridgehead atoms. The lowest BCUT2D eigenvalue weighted by molar-refractivity contribution is -0.120. The third-order valence-corrected chi connectivity index (χ3v) is 4.97. The lowest BCUT2D eigenvalue weighted by Crippen LogP contribution is -2.30. The molecule has 112 valence electrons. The minimum absolute atomic E-state index is 0.00238. The molecule has 0 fully saturated rings. The number of nitrogens with zero attached hydrogens (tertiary/aromatic N) is 1. The third kappa shape index (κ3) is 5.17. The molecule has 3 nitrogen and oxygen atoms in total. The standard InChI is InChI=1S/C16H20N2OS2/c1-3-20-12(2)16(19)17-10-14-11-21-15(18-14)9-13-7-5-4-6-8-13/h4-8,11-12H,3,9-10H2,1-2H3,(H,17,19). The summed E-state index contributed by atoms with van der Waals surface area (Å²) in [5.41, 5.74) is 2.20. The number of thioether (sulfide) groups is 1. The Balaban J connectivity index is 1.84. The summed E-state index contributed by atoms with van der Waals surface area (Å²) in [4.78, 5) is 16.4. The van der Waals surface area contributed by atoms with Crippen LogP contribution in [-0.2, 0) is 17.8 Å². The van der Waals surface area contributed by atoms with Crippen molar-refractivity contribution in [1.82, 2.24) is 10.3 Å². The molecule has 1 N–H and O–H groups in total. The molecular formula is C16H20N2OS2. The number of carbonyl (C=O) groups is 1. The van der Waals surface area contributed by atoms with E-state index in [2.05, 4.69) is 29.4 Å².